The highest BCUT2D eigenvalue weighted by molar-refractivity contribution is 7.12. The van der Waals surface area contributed by atoms with Crippen LogP contribution in [0.1, 0.15) is 15.2 Å². The van der Waals surface area contributed by atoms with Crippen molar-refractivity contribution in [1.29, 1.82) is 0 Å². The second-order valence-electron chi connectivity index (χ2n) is 6.47. The zero-order valence-electron chi connectivity index (χ0n) is 16.1. The Labute approximate surface area is 168 Å². The normalized spacial score (nSPS) is 10.4. The zero-order valence-corrected chi connectivity index (χ0v) is 16.9. The summed E-state index contributed by atoms with van der Waals surface area (Å²) >= 11 is 1.38. The molecule has 0 unspecified atom stereocenters. The lowest BCUT2D eigenvalue weighted by Crippen LogP contribution is -2.34. The van der Waals surface area contributed by atoms with Gasteiger partial charge in [-0.2, -0.15) is 0 Å². The number of hydrogen-bond acceptors (Lipinski definition) is 4. The van der Waals surface area contributed by atoms with Crippen LogP contribution in [0, 0.1) is 6.92 Å². The van der Waals surface area contributed by atoms with Crippen molar-refractivity contribution in [2.24, 2.45) is 0 Å². The molecule has 144 valence electrons. The number of nitrogens with zero attached hydrogens (tertiary/aromatic N) is 1. The molecule has 0 fully saturated rings. The summed E-state index contributed by atoms with van der Waals surface area (Å²) in [6.45, 7) is 1.99. The fraction of sp³-hybridized carbons (Fsp3) is 0.182. The molecule has 5 nitrogen and oxygen atoms in total. The Morgan fingerprint density at radius 3 is 2.36 bits per heavy atom. The van der Waals surface area contributed by atoms with E-state index in [-0.39, 0.29) is 18.4 Å². The third-order valence-corrected chi connectivity index (χ3v) is 5.23. The van der Waals surface area contributed by atoms with Crippen LogP contribution in [0.2, 0.25) is 0 Å². The molecule has 1 aromatic heterocycles. The van der Waals surface area contributed by atoms with Crippen LogP contribution in [-0.4, -0.2) is 37.4 Å². The molecule has 0 radical (unpaired) electrons. The number of carbonyl (C=O) groups excluding carboxylic acids is 2. The van der Waals surface area contributed by atoms with Crippen molar-refractivity contribution in [2.75, 3.05) is 26.0 Å². The molecule has 0 spiro atoms. The van der Waals surface area contributed by atoms with Crippen molar-refractivity contribution in [3.8, 4) is 16.9 Å². The number of carbonyl (C=O) groups is 2. The summed E-state index contributed by atoms with van der Waals surface area (Å²) in [6.07, 6.45) is 0. The number of benzene rings is 2. The summed E-state index contributed by atoms with van der Waals surface area (Å²) < 4.78 is 5.10. The third kappa shape index (κ3) is 4.58. The van der Waals surface area contributed by atoms with Gasteiger partial charge >= 0.3 is 0 Å². The zero-order chi connectivity index (χ0) is 20.1. The van der Waals surface area contributed by atoms with Gasteiger partial charge in [0.2, 0.25) is 5.91 Å². The third-order valence-electron chi connectivity index (χ3n) is 4.32. The van der Waals surface area contributed by atoms with Gasteiger partial charge in [0.25, 0.3) is 5.91 Å². The van der Waals surface area contributed by atoms with Gasteiger partial charge < -0.3 is 15.0 Å². The first kappa shape index (κ1) is 19.6. The Morgan fingerprint density at radius 1 is 1.04 bits per heavy atom. The fourth-order valence-corrected chi connectivity index (χ4v) is 3.68. The number of likely N-dealkylation sites (N-methyl/N-ethyl adjacent to an activating group) is 1. The highest BCUT2D eigenvalue weighted by Gasteiger charge is 2.20. The van der Waals surface area contributed by atoms with E-state index in [9.17, 15) is 9.59 Å². The molecule has 28 heavy (non-hydrogen) atoms. The van der Waals surface area contributed by atoms with Crippen LogP contribution in [0.15, 0.2) is 60.0 Å². The lowest BCUT2D eigenvalue weighted by Gasteiger charge is -2.17. The molecule has 2 amide bonds. The average molecular weight is 394 g/mol. The van der Waals surface area contributed by atoms with Crippen LogP contribution >= 0.6 is 11.3 Å². The molecule has 0 aliphatic rings. The maximum absolute atomic E-state index is 12.9. The summed E-state index contributed by atoms with van der Waals surface area (Å²) in [7, 11) is 3.22. The topological polar surface area (TPSA) is 58.6 Å². The van der Waals surface area contributed by atoms with Gasteiger partial charge in [0, 0.05) is 18.3 Å². The van der Waals surface area contributed by atoms with Crippen LogP contribution in [0.25, 0.3) is 11.1 Å². The standard InChI is InChI=1S/C22H22N2O3S/c1-15-4-6-16(7-5-15)19-12-13-28-21(19)22(26)24(2)14-20(25)23-17-8-10-18(27-3)11-9-17/h4-13H,14H2,1-3H3,(H,23,25). The van der Waals surface area contributed by atoms with E-state index < -0.39 is 0 Å². The Balaban J connectivity index is 1.67. The van der Waals surface area contributed by atoms with E-state index >= 15 is 0 Å². The lowest BCUT2D eigenvalue weighted by molar-refractivity contribution is -0.116. The van der Waals surface area contributed by atoms with Gasteiger partial charge in [-0.1, -0.05) is 29.8 Å². The SMILES string of the molecule is COc1ccc(NC(=O)CN(C)C(=O)c2sccc2-c2ccc(C)cc2)cc1. The molecule has 0 saturated heterocycles. The molecule has 0 bridgehead atoms. The van der Waals surface area contributed by atoms with Gasteiger partial charge in [0.05, 0.1) is 18.5 Å². The van der Waals surface area contributed by atoms with E-state index in [2.05, 4.69) is 5.32 Å². The summed E-state index contributed by atoms with van der Waals surface area (Å²) in [4.78, 5) is 27.3. The Kier molecular flexibility index (Phi) is 6.11. The van der Waals surface area contributed by atoms with Crippen LogP contribution in [0.5, 0.6) is 5.75 Å². The molecule has 3 rings (SSSR count). The van der Waals surface area contributed by atoms with Crippen LogP contribution in [-0.2, 0) is 4.79 Å². The number of nitrogens with one attached hydrogen (secondary N) is 1. The number of aryl methyl sites for hydroxylation is 1. The van der Waals surface area contributed by atoms with Crippen molar-refractivity contribution in [2.45, 2.75) is 6.92 Å². The van der Waals surface area contributed by atoms with Gasteiger partial charge in [-0.05, 0) is 48.2 Å². The quantitative estimate of drug-likeness (QED) is 0.672. The highest BCUT2D eigenvalue weighted by atomic mass is 32.1. The van der Waals surface area contributed by atoms with E-state index in [0.717, 1.165) is 11.1 Å². The van der Waals surface area contributed by atoms with Gasteiger partial charge in [0.1, 0.15) is 5.75 Å². The van der Waals surface area contributed by atoms with E-state index in [0.29, 0.717) is 16.3 Å². The molecule has 0 saturated carbocycles. The van der Waals surface area contributed by atoms with Crippen LogP contribution in [0.3, 0.4) is 0 Å². The highest BCUT2D eigenvalue weighted by Crippen LogP contribution is 2.29. The Morgan fingerprint density at radius 2 is 1.71 bits per heavy atom. The predicted octanol–water partition coefficient (Wildman–Crippen LogP) is 4.44. The van der Waals surface area contributed by atoms with Gasteiger partial charge in [0.15, 0.2) is 0 Å². The van der Waals surface area contributed by atoms with Crippen molar-refractivity contribution >= 4 is 28.8 Å². The van der Waals surface area contributed by atoms with Gasteiger partial charge in [-0.15, -0.1) is 11.3 Å². The van der Waals surface area contributed by atoms with Crippen molar-refractivity contribution < 1.29 is 14.3 Å². The minimum Gasteiger partial charge on any atom is -0.497 e. The number of amides is 2. The Hall–Kier alpha value is -3.12. The van der Waals surface area contributed by atoms with Gasteiger partial charge in [-0.3, -0.25) is 9.59 Å². The van der Waals surface area contributed by atoms with Gasteiger partial charge in [-0.25, -0.2) is 0 Å². The summed E-state index contributed by atoms with van der Waals surface area (Å²) in [5.41, 5.74) is 3.70. The molecular formula is C22H22N2O3S. The number of hydrogen-bond donors (Lipinski definition) is 1. The first-order chi connectivity index (χ1) is 13.5. The monoisotopic (exact) mass is 394 g/mol. The molecule has 0 atom stereocenters. The molecule has 1 N–H and O–H groups in total. The minimum absolute atomic E-state index is 0.0316. The molecule has 6 heteroatoms. The lowest BCUT2D eigenvalue weighted by atomic mass is 10.0. The molecule has 1 heterocycles. The predicted molar refractivity (Wildman–Crippen MR) is 113 cm³/mol. The number of ether oxygens (including phenoxy) is 1. The number of rotatable bonds is 6. The van der Waals surface area contributed by atoms with E-state index in [4.69, 9.17) is 4.74 Å². The van der Waals surface area contributed by atoms with Crippen LogP contribution < -0.4 is 10.1 Å². The first-order valence-electron chi connectivity index (χ1n) is 8.82. The fourth-order valence-electron chi connectivity index (χ4n) is 2.77. The summed E-state index contributed by atoms with van der Waals surface area (Å²) in [5.74, 6) is 0.288. The largest absolute Gasteiger partial charge is 0.497 e. The maximum Gasteiger partial charge on any atom is 0.264 e. The smallest absolute Gasteiger partial charge is 0.264 e. The minimum atomic E-state index is -0.255. The summed E-state index contributed by atoms with van der Waals surface area (Å²) in [5, 5.41) is 4.69. The second-order valence-corrected chi connectivity index (χ2v) is 7.38. The molecule has 2 aromatic carbocycles. The maximum atomic E-state index is 12.9. The number of methoxy groups -OCH3 is 1. The van der Waals surface area contributed by atoms with Crippen molar-refractivity contribution in [1.82, 2.24) is 4.90 Å². The number of thiophene rings is 1. The van der Waals surface area contributed by atoms with Crippen molar-refractivity contribution in [3.63, 3.8) is 0 Å². The number of anilines is 1. The molecule has 0 aliphatic carbocycles. The molecule has 3 aromatic rings. The average Bonchev–Trinajstić information content (AvgIpc) is 3.18. The second kappa shape index (κ2) is 8.71. The van der Waals surface area contributed by atoms with E-state index in [1.807, 2.05) is 42.6 Å². The van der Waals surface area contributed by atoms with Crippen molar-refractivity contribution in [3.05, 3.63) is 70.4 Å². The molecular weight excluding hydrogens is 372 g/mol. The molecule has 0 aliphatic heterocycles. The first-order valence-corrected chi connectivity index (χ1v) is 9.70. The van der Waals surface area contributed by atoms with Crippen LogP contribution in [0.4, 0.5) is 5.69 Å². The van der Waals surface area contributed by atoms with E-state index in [1.54, 1.807) is 38.4 Å². The van der Waals surface area contributed by atoms with E-state index in [1.165, 1.54) is 21.8 Å². The summed E-state index contributed by atoms with van der Waals surface area (Å²) in [6, 6.07) is 17.0. The Bertz CT molecular complexity index is 962.